The number of carbonyl (C=O) groups excluding carboxylic acids is 1. The smallest absolute Gasteiger partial charge is 0.314 e. The second-order valence-corrected chi connectivity index (χ2v) is 14.4. The molecule has 0 bridgehead atoms. The van der Waals surface area contributed by atoms with Crippen LogP contribution >= 0.6 is 0 Å². The average Bonchev–Trinajstić information content (AvgIpc) is 2.60. The van der Waals surface area contributed by atoms with Crippen LogP contribution in [0.4, 0.5) is 0 Å². The molecule has 0 aromatic rings. The fourth-order valence-corrected chi connectivity index (χ4v) is 10.7. The minimum absolute atomic E-state index is 0.0390. The van der Waals surface area contributed by atoms with E-state index in [9.17, 15) is 9.59 Å². The van der Waals surface area contributed by atoms with E-state index in [1.54, 1.807) is 0 Å². The minimum Gasteiger partial charge on any atom is -0.481 e. The lowest BCUT2D eigenvalue weighted by atomic mass is 9.68. The van der Waals surface area contributed by atoms with Crippen LogP contribution in [0.15, 0.2) is 12.2 Å². The molecule has 28 heavy (non-hydrogen) atoms. The molecule has 0 saturated heterocycles. The molecule has 162 valence electrons. The van der Waals surface area contributed by atoms with Crippen LogP contribution in [0.1, 0.15) is 74.1 Å². The van der Waals surface area contributed by atoms with Gasteiger partial charge in [-0.25, -0.2) is 0 Å². The number of carbonyl (C=O) groups is 2. The lowest BCUT2D eigenvalue weighted by Gasteiger charge is -2.46. The molecule has 0 heterocycles. The third-order valence-electron chi connectivity index (χ3n) is 6.47. The summed E-state index contributed by atoms with van der Waals surface area (Å²) in [6, 6.07) is 0. The fraction of sp³-hybridized carbons (Fsp3) is 0.818. The van der Waals surface area contributed by atoms with Crippen LogP contribution in [0, 0.1) is 11.3 Å². The standard InChI is InChI=1S/C22H40O5Si/c1-8-26-21(25)22(14-10-9-11-19(22)12-13-20(23)24)15-27-28(16(2)3,17(4)5)18(6)7/h9,11,16-19H,8,10,12-15H2,1-7H3,(H,23,24)/t19-,22+/m1/s1. The molecule has 1 rings (SSSR count). The maximum atomic E-state index is 13.1. The van der Waals surface area contributed by atoms with E-state index in [4.69, 9.17) is 14.3 Å². The molecule has 0 spiro atoms. The number of carboxylic acid groups (broad SMARTS) is 1. The summed E-state index contributed by atoms with van der Waals surface area (Å²) in [7, 11) is -2.15. The van der Waals surface area contributed by atoms with Gasteiger partial charge in [0.05, 0.1) is 18.6 Å². The van der Waals surface area contributed by atoms with Crippen molar-refractivity contribution in [1.29, 1.82) is 0 Å². The summed E-state index contributed by atoms with van der Waals surface area (Å²) in [6.45, 7) is 15.8. The van der Waals surface area contributed by atoms with Gasteiger partial charge >= 0.3 is 11.9 Å². The molecule has 0 aliphatic heterocycles. The van der Waals surface area contributed by atoms with Gasteiger partial charge < -0.3 is 14.3 Å². The van der Waals surface area contributed by atoms with Crippen molar-refractivity contribution in [2.45, 2.75) is 90.8 Å². The molecule has 0 fully saturated rings. The lowest BCUT2D eigenvalue weighted by Crippen LogP contribution is -2.53. The second kappa shape index (κ2) is 10.6. The number of carboxylic acids is 1. The van der Waals surface area contributed by atoms with Crippen LogP contribution in [0.2, 0.25) is 16.6 Å². The van der Waals surface area contributed by atoms with Gasteiger partial charge in [-0.15, -0.1) is 0 Å². The van der Waals surface area contributed by atoms with Crippen LogP contribution in [0.5, 0.6) is 0 Å². The first kappa shape index (κ1) is 24.9. The van der Waals surface area contributed by atoms with Gasteiger partial charge in [0.1, 0.15) is 0 Å². The number of ether oxygens (including phenoxy) is 1. The summed E-state index contributed by atoms with van der Waals surface area (Å²) in [6.07, 6.45) is 5.96. The maximum Gasteiger partial charge on any atom is 0.314 e. The Bertz CT molecular complexity index is 533. The first-order chi connectivity index (χ1) is 13.0. The third kappa shape index (κ3) is 5.26. The summed E-state index contributed by atoms with van der Waals surface area (Å²) in [5.74, 6) is -1.25. The number of esters is 1. The van der Waals surface area contributed by atoms with Crippen molar-refractivity contribution in [3.63, 3.8) is 0 Å². The van der Waals surface area contributed by atoms with Gasteiger partial charge in [0.15, 0.2) is 8.32 Å². The highest BCUT2D eigenvalue weighted by Gasteiger charge is 2.51. The van der Waals surface area contributed by atoms with E-state index in [2.05, 4.69) is 47.6 Å². The average molecular weight is 413 g/mol. The molecule has 0 saturated carbocycles. The Kier molecular flexibility index (Phi) is 9.41. The van der Waals surface area contributed by atoms with Gasteiger partial charge in [-0.05, 0) is 48.7 Å². The van der Waals surface area contributed by atoms with E-state index in [0.29, 0.717) is 42.7 Å². The summed E-state index contributed by atoms with van der Waals surface area (Å²) in [4.78, 5) is 24.3. The second-order valence-electron chi connectivity index (χ2n) is 8.99. The van der Waals surface area contributed by atoms with Gasteiger partial charge in [-0.1, -0.05) is 53.7 Å². The molecule has 0 amide bonds. The van der Waals surface area contributed by atoms with Gasteiger partial charge in [0.2, 0.25) is 0 Å². The Morgan fingerprint density at radius 1 is 1.14 bits per heavy atom. The Morgan fingerprint density at radius 2 is 1.71 bits per heavy atom. The molecule has 6 heteroatoms. The molecular weight excluding hydrogens is 372 g/mol. The predicted octanol–water partition coefficient (Wildman–Crippen LogP) is 5.56. The highest BCUT2D eigenvalue weighted by molar-refractivity contribution is 6.77. The van der Waals surface area contributed by atoms with E-state index in [-0.39, 0.29) is 18.3 Å². The van der Waals surface area contributed by atoms with E-state index in [0.717, 1.165) is 6.42 Å². The number of hydrogen-bond donors (Lipinski definition) is 1. The van der Waals surface area contributed by atoms with Crippen molar-refractivity contribution < 1.29 is 23.9 Å². The molecule has 2 atom stereocenters. The van der Waals surface area contributed by atoms with Gasteiger partial charge in [-0.2, -0.15) is 0 Å². The number of hydrogen-bond acceptors (Lipinski definition) is 4. The number of allylic oxidation sites excluding steroid dienone is 2. The zero-order valence-electron chi connectivity index (χ0n) is 18.8. The monoisotopic (exact) mass is 412 g/mol. The fourth-order valence-electron chi connectivity index (χ4n) is 5.14. The van der Waals surface area contributed by atoms with Crippen molar-refractivity contribution in [1.82, 2.24) is 0 Å². The van der Waals surface area contributed by atoms with Gasteiger partial charge in [-0.3, -0.25) is 9.59 Å². The van der Waals surface area contributed by atoms with Gasteiger partial charge in [0.25, 0.3) is 0 Å². The Labute approximate surface area is 172 Å². The SMILES string of the molecule is CCOC(=O)[C@]1(CO[Si](C(C)C)(C(C)C)C(C)C)CCC=C[C@@H]1CCC(=O)O. The van der Waals surface area contributed by atoms with Crippen molar-refractivity contribution in [3.05, 3.63) is 12.2 Å². The first-order valence-corrected chi connectivity index (χ1v) is 12.9. The molecule has 1 N–H and O–H groups in total. The van der Waals surface area contributed by atoms with Crippen molar-refractivity contribution >= 4 is 20.3 Å². The van der Waals surface area contributed by atoms with Crippen LogP contribution in [-0.2, 0) is 18.8 Å². The van der Waals surface area contributed by atoms with Crippen molar-refractivity contribution in [2.24, 2.45) is 11.3 Å². The zero-order chi connectivity index (χ0) is 21.5. The number of aliphatic carboxylic acids is 1. The number of rotatable bonds is 11. The Morgan fingerprint density at radius 3 is 2.18 bits per heavy atom. The van der Waals surface area contributed by atoms with E-state index in [1.165, 1.54) is 0 Å². The molecule has 1 aliphatic rings. The van der Waals surface area contributed by atoms with Crippen LogP contribution in [0.25, 0.3) is 0 Å². The molecule has 0 unspecified atom stereocenters. The molecule has 0 aromatic carbocycles. The Balaban J connectivity index is 3.27. The summed E-state index contributed by atoms with van der Waals surface area (Å²) >= 11 is 0. The molecule has 1 aliphatic carbocycles. The van der Waals surface area contributed by atoms with Crippen LogP contribution in [0.3, 0.4) is 0 Å². The first-order valence-electron chi connectivity index (χ1n) is 10.7. The molecule has 5 nitrogen and oxygen atoms in total. The summed E-state index contributed by atoms with van der Waals surface area (Å²) in [5, 5.41) is 9.17. The van der Waals surface area contributed by atoms with E-state index < -0.39 is 19.7 Å². The summed E-state index contributed by atoms with van der Waals surface area (Å²) < 4.78 is 12.3. The maximum absolute atomic E-state index is 13.1. The van der Waals surface area contributed by atoms with Crippen LogP contribution < -0.4 is 0 Å². The largest absolute Gasteiger partial charge is 0.481 e. The molecule has 0 aromatic heterocycles. The zero-order valence-corrected chi connectivity index (χ0v) is 19.8. The topological polar surface area (TPSA) is 72.8 Å². The van der Waals surface area contributed by atoms with Gasteiger partial charge in [0, 0.05) is 6.42 Å². The molecular formula is C22H40O5Si. The predicted molar refractivity (Wildman–Crippen MR) is 115 cm³/mol. The van der Waals surface area contributed by atoms with Crippen molar-refractivity contribution in [2.75, 3.05) is 13.2 Å². The lowest BCUT2D eigenvalue weighted by molar-refractivity contribution is -0.162. The molecule has 0 radical (unpaired) electrons. The van der Waals surface area contributed by atoms with E-state index >= 15 is 0 Å². The highest BCUT2D eigenvalue weighted by Crippen LogP contribution is 2.47. The quantitative estimate of drug-likeness (QED) is 0.273. The minimum atomic E-state index is -2.15. The Hall–Kier alpha value is -1.14. The van der Waals surface area contributed by atoms with Crippen LogP contribution in [-0.4, -0.2) is 38.6 Å². The third-order valence-corrected chi connectivity index (χ3v) is 12.5. The normalized spacial score (nSPS) is 22.9. The summed E-state index contributed by atoms with van der Waals surface area (Å²) in [5.41, 5.74) is 0.465. The highest BCUT2D eigenvalue weighted by atomic mass is 28.4. The van der Waals surface area contributed by atoms with E-state index in [1.807, 2.05) is 13.0 Å². The van der Waals surface area contributed by atoms with Crippen molar-refractivity contribution in [3.8, 4) is 0 Å².